The van der Waals surface area contributed by atoms with Gasteiger partial charge in [-0.05, 0) is 56.0 Å². The van der Waals surface area contributed by atoms with Crippen molar-refractivity contribution in [3.8, 4) is 0 Å². The molecule has 2 aromatic carbocycles. The number of amides is 1. The molecule has 0 unspecified atom stereocenters. The van der Waals surface area contributed by atoms with E-state index in [1.165, 1.54) is 15.5 Å². The zero-order chi connectivity index (χ0) is 27.2. The highest BCUT2D eigenvalue weighted by molar-refractivity contribution is 7.89. The van der Waals surface area contributed by atoms with Gasteiger partial charge in [-0.1, -0.05) is 44.2 Å². The van der Waals surface area contributed by atoms with Crippen molar-refractivity contribution in [2.75, 3.05) is 27.2 Å². The summed E-state index contributed by atoms with van der Waals surface area (Å²) in [6.45, 7) is 7.88. The number of nitrogens with zero attached hydrogens (tertiary/aromatic N) is 2. The van der Waals surface area contributed by atoms with E-state index in [0.717, 1.165) is 5.56 Å². The van der Waals surface area contributed by atoms with Gasteiger partial charge in [-0.25, -0.2) is 13.2 Å². The maximum absolute atomic E-state index is 13.8. The molecule has 0 radical (unpaired) electrons. The molecule has 8 nitrogen and oxygen atoms in total. The minimum absolute atomic E-state index is 0.0667. The van der Waals surface area contributed by atoms with Gasteiger partial charge in [0.05, 0.1) is 29.4 Å². The van der Waals surface area contributed by atoms with Gasteiger partial charge in [0.25, 0.3) is 0 Å². The largest absolute Gasteiger partial charge is 0.464 e. The molecule has 1 aromatic heterocycles. The van der Waals surface area contributed by atoms with Crippen LogP contribution in [0.15, 0.2) is 70.2 Å². The molecule has 0 bridgehead atoms. The smallest absolute Gasteiger partial charge is 0.410 e. The van der Waals surface area contributed by atoms with Gasteiger partial charge in [0.2, 0.25) is 10.0 Å². The molecular formula is C28H38N2O6S. The Hall–Kier alpha value is -2.88. The molecule has 9 heteroatoms. The molecule has 1 amide bonds. The molecule has 2 atom stereocenters. The van der Waals surface area contributed by atoms with E-state index in [2.05, 4.69) is 0 Å². The lowest BCUT2D eigenvalue weighted by Crippen LogP contribution is -2.52. The minimum Gasteiger partial charge on any atom is -0.464 e. The number of ether oxygens (including phenoxy) is 2. The fraction of sp³-hybridized carbons (Fsp3) is 0.464. The summed E-state index contributed by atoms with van der Waals surface area (Å²) in [6.07, 6.45) is 0.620. The summed E-state index contributed by atoms with van der Waals surface area (Å²) in [6, 6.07) is 15.9. The second kappa shape index (κ2) is 12.6. The van der Waals surface area contributed by atoms with Gasteiger partial charge in [0.15, 0.2) is 0 Å². The van der Waals surface area contributed by atoms with Crippen molar-refractivity contribution in [1.82, 2.24) is 9.21 Å². The third-order valence-electron chi connectivity index (χ3n) is 6.16. The number of furan rings is 1. The fourth-order valence-electron chi connectivity index (χ4n) is 4.28. The molecule has 0 fully saturated rings. The lowest BCUT2D eigenvalue weighted by molar-refractivity contribution is 0.00283. The highest BCUT2D eigenvalue weighted by Gasteiger charge is 2.35. The Morgan fingerprint density at radius 1 is 1.00 bits per heavy atom. The highest BCUT2D eigenvalue weighted by atomic mass is 32.2. The number of rotatable bonds is 12. The minimum atomic E-state index is -3.86. The maximum Gasteiger partial charge on any atom is 0.410 e. The fourth-order valence-corrected chi connectivity index (χ4v) is 5.93. The number of sulfonamides is 1. The zero-order valence-electron chi connectivity index (χ0n) is 22.5. The molecule has 3 aromatic rings. The van der Waals surface area contributed by atoms with Crippen LogP contribution in [0.1, 0.15) is 33.3 Å². The van der Waals surface area contributed by atoms with Crippen LogP contribution in [0.25, 0.3) is 11.0 Å². The predicted molar refractivity (Wildman–Crippen MR) is 144 cm³/mol. The van der Waals surface area contributed by atoms with Crippen LogP contribution in [0.2, 0.25) is 0 Å². The van der Waals surface area contributed by atoms with E-state index in [0.29, 0.717) is 23.9 Å². The van der Waals surface area contributed by atoms with Crippen LogP contribution in [0.5, 0.6) is 0 Å². The van der Waals surface area contributed by atoms with E-state index in [-0.39, 0.29) is 23.5 Å². The van der Waals surface area contributed by atoms with Gasteiger partial charge >= 0.3 is 6.09 Å². The molecule has 0 spiro atoms. The summed E-state index contributed by atoms with van der Waals surface area (Å²) >= 11 is 0. The van der Waals surface area contributed by atoms with E-state index in [1.54, 1.807) is 52.3 Å². The number of hydrogen-bond donors (Lipinski definition) is 0. The van der Waals surface area contributed by atoms with Crippen molar-refractivity contribution in [1.29, 1.82) is 0 Å². The van der Waals surface area contributed by atoms with Crippen LogP contribution in [-0.4, -0.2) is 69.2 Å². The van der Waals surface area contributed by atoms with Gasteiger partial charge in [0.1, 0.15) is 5.58 Å². The van der Waals surface area contributed by atoms with Crippen molar-refractivity contribution in [2.45, 2.75) is 57.3 Å². The second-order valence-corrected chi connectivity index (χ2v) is 11.8. The average molecular weight is 531 g/mol. The summed E-state index contributed by atoms with van der Waals surface area (Å²) < 4.78 is 45.9. The van der Waals surface area contributed by atoms with Crippen LogP contribution in [0.4, 0.5) is 4.79 Å². The van der Waals surface area contributed by atoms with Gasteiger partial charge < -0.3 is 18.8 Å². The van der Waals surface area contributed by atoms with Gasteiger partial charge in [-0.15, -0.1) is 0 Å². The lowest BCUT2D eigenvalue weighted by atomic mass is 9.99. The predicted octanol–water partition coefficient (Wildman–Crippen LogP) is 5.18. The number of likely N-dealkylation sites (N-methyl/N-ethyl adjacent to an activating group) is 1. The van der Waals surface area contributed by atoms with Crippen molar-refractivity contribution < 1.29 is 27.1 Å². The first-order valence-corrected chi connectivity index (χ1v) is 13.9. The molecule has 37 heavy (non-hydrogen) atoms. The molecule has 3 rings (SSSR count). The van der Waals surface area contributed by atoms with Crippen molar-refractivity contribution >= 4 is 27.1 Å². The summed E-state index contributed by atoms with van der Waals surface area (Å²) in [5, 5.41) is 0.715. The Balaban J connectivity index is 1.96. The molecule has 0 N–H and O–H groups in total. The van der Waals surface area contributed by atoms with Crippen molar-refractivity contribution in [3.05, 3.63) is 66.4 Å². The number of fused-ring (bicyclic) bond motifs is 1. The first-order valence-electron chi connectivity index (χ1n) is 12.5. The molecule has 1 heterocycles. The Morgan fingerprint density at radius 2 is 1.70 bits per heavy atom. The standard InChI is InChI=1S/C28H38N2O6S/c1-20(2)18-30(37(32,33)24-12-13-26-23(17-24)14-15-35-26)19-27(34-6)25(16-22-10-8-7-9-11-22)29(5)28(31)36-21(3)4/h7-15,17,20-21,25,27H,16,18-19H2,1-6H3/t25-,27+/m0/s1. The Labute approximate surface area is 220 Å². The van der Waals surface area contributed by atoms with Gasteiger partial charge in [0, 0.05) is 32.6 Å². The van der Waals surface area contributed by atoms with Crippen LogP contribution in [0.3, 0.4) is 0 Å². The van der Waals surface area contributed by atoms with E-state index in [1.807, 2.05) is 44.2 Å². The van der Waals surface area contributed by atoms with E-state index in [9.17, 15) is 13.2 Å². The molecular weight excluding hydrogens is 492 g/mol. The zero-order valence-corrected chi connectivity index (χ0v) is 23.3. The molecule has 0 saturated heterocycles. The van der Waals surface area contributed by atoms with E-state index >= 15 is 0 Å². The monoisotopic (exact) mass is 530 g/mol. The van der Waals surface area contributed by atoms with Crippen LogP contribution in [-0.2, 0) is 25.9 Å². The second-order valence-electron chi connectivity index (χ2n) is 9.91. The molecule has 202 valence electrons. The first-order chi connectivity index (χ1) is 17.5. The summed E-state index contributed by atoms with van der Waals surface area (Å²) in [5.74, 6) is 0.0705. The van der Waals surface area contributed by atoms with Crippen molar-refractivity contribution in [3.63, 3.8) is 0 Å². The first kappa shape index (κ1) is 28.7. The topological polar surface area (TPSA) is 89.3 Å². The Morgan fingerprint density at radius 3 is 2.32 bits per heavy atom. The summed E-state index contributed by atoms with van der Waals surface area (Å²) in [4.78, 5) is 14.6. The molecule has 0 aliphatic heterocycles. The molecule has 0 saturated carbocycles. The number of carbonyl (C=O) groups is 1. The van der Waals surface area contributed by atoms with Crippen LogP contribution in [0, 0.1) is 5.92 Å². The van der Waals surface area contributed by atoms with Crippen molar-refractivity contribution in [2.24, 2.45) is 5.92 Å². The Bertz CT molecular complexity index is 1260. The lowest BCUT2D eigenvalue weighted by Gasteiger charge is -2.36. The SMILES string of the molecule is CO[C@H](CN(CC(C)C)S(=O)(=O)c1ccc2occc2c1)[C@H](Cc1ccccc1)N(C)C(=O)OC(C)C. The average Bonchev–Trinajstić information content (AvgIpc) is 3.33. The normalized spacial score (nSPS) is 13.9. The molecule has 0 aliphatic carbocycles. The quantitative estimate of drug-likeness (QED) is 0.320. The summed E-state index contributed by atoms with van der Waals surface area (Å²) in [7, 11) is -0.656. The van der Waals surface area contributed by atoms with Gasteiger partial charge in [-0.3, -0.25) is 0 Å². The number of methoxy groups -OCH3 is 1. The van der Waals surface area contributed by atoms with Crippen LogP contribution < -0.4 is 0 Å². The molecule has 0 aliphatic rings. The highest BCUT2D eigenvalue weighted by Crippen LogP contribution is 2.25. The summed E-state index contributed by atoms with van der Waals surface area (Å²) in [5.41, 5.74) is 1.62. The maximum atomic E-state index is 13.8. The number of benzene rings is 2. The number of carbonyl (C=O) groups excluding carboxylic acids is 1. The van der Waals surface area contributed by atoms with Gasteiger partial charge in [-0.2, -0.15) is 4.31 Å². The number of hydrogen-bond acceptors (Lipinski definition) is 6. The third-order valence-corrected chi connectivity index (χ3v) is 7.98. The Kier molecular flexibility index (Phi) is 9.75. The van der Waals surface area contributed by atoms with E-state index < -0.39 is 28.3 Å². The third kappa shape index (κ3) is 7.34. The van der Waals surface area contributed by atoms with E-state index in [4.69, 9.17) is 13.9 Å². The van der Waals surface area contributed by atoms with Crippen LogP contribution >= 0.6 is 0 Å².